The number of rotatable bonds is 2. The summed E-state index contributed by atoms with van der Waals surface area (Å²) in [5.74, 6) is 0.796. The minimum Gasteiger partial charge on any atom is -0.325 e. The lowest BCUT2D eigenvalue weighted by molar-refractivity contribution is 0.0989. The average molecular weight is 355 g/mol. The van der Waals surface area contributed by atoms with E-state index in [1.807, 2.05) is 35.2 Å². The van der Waals surface area contributed by atoms with E-state index in [-0.39, 0.29) is 5.91 Å². The maximum atomic E-state index is 13.4. The number of anilines is 3. The first-order valence-corrected chi connectivity index (χ1v) is 9.53. The summed E-state index contributed by atoms with van der Waals surface area (Å²) in [6.07, 6.45) is 4.82. The smallest absolute Gasteiger partial charge is 0.262 e. The third-order valence-electron chi connectivity index (χ3n) is 5.52. The Hall–Kier alpha value is -3.14. The largest absolute Gasteiger partial charge is 0.325 e. The number of benzene rings is 2. The van der Waals surface area contributed by atoms with Gasteiger partial charge in [-0.1, -0.05) is 36.4 Å². The summed E-state index contributed by atoms with van der Waals surface area (Å²) in [5, 5.41) is 0. The van der Waals surface area contributed by atoms with Crippen LogP contribution in [0.5, 0.6) is 0 Å². The Balaban J connectivity index is 1.56. The molecule has 5 rings (SSSR count). The summed E-state index contributed by atoms with van der Waals surface area (Å²) < 4.78 is 0. The van der Waals surface area contributed by atoms with E-state index < -0.39 is 0 Å². The van der Waals surface area contributed by atoms with Crippen molar-refractivity contribution in [1.29, 1.82) is 0 Å². The van der Waals surface area contributed by atoms with E-state index in [0.717, 1.165) is 43.9 Å². The molecule has 3 heterocycles. The molecular formula is C23H21N3O. The van der Waals surface area contributed by atoms with Gasteiger partial charge in [0.15, 0.2) is 0 Å². The number of nitrogens with zero attached hydrogens (tertiary/aromatic N) is 3. The highest BCUT2D eigenvalue weighted by Gasteiger charge is 2.29. The number of carbonyl (C=O) groups excluding carboxylic acids is 1. The zero-order chi connectivity index (χ0) is 18.2. The maximum absolute atomic E-state index is 13.4. The van der Waals surface area contributed by atoms with Crippen LogP contribution in [-0.2, 0) is 12.8 Å². The number of amides is 1. The van der Waals surface area contributed by atoms with Gasteiger partial charge in [-0.15, -0.1) is 0 Å². The van der Waals surface area contributed by atoms with Gasteiger partial charge < -0.3 is 9.80 Å². The minimum atomic E-state index is 0.0334. The molecule has 3 aromatic rings. The van der Waals surface area contributed by atoms with Crippen LogP contribution in [0.2, 0.25) is 0 Å². The summed E-state index contributed by atoms with van der Waals surface area (Å²) in [7, 11) is 0. The first-order chi connectivity index (χ1) is 13.3. The second-order valence-electron chi connectivity index (χ2n) is 7.09. The molecule has 4 heteroatoms. The van der Waals surface area contributed by atoms with Crippen molar-refractivity contribution in [3.8, 4) is 0 Å². The third kappa shape index (κ3) is 2.69. The molecule has 2 aromatic carbocycles. The van der Waals surface area contributed by atoms with E-state index in [2.05, 4.69) is 40.2 Å². The van der Waals surface area contributed by atoms with E-state index in [9.17, 15) is 4.79 Å². The number of fused-ring (bicyclic) bond motifs is 2. The average Bonchev–Trinajstić information content (AvgIpc) is 3.17. The molecule has 0 bridgehead atoms. The highest BCUT2D eigenvalue weighted by molar-refractivity contribution is 6.10. The van der Waals surface area contributed by atoms with Crippen LogP contribution in [0.15, 0.2) is 66.9 Å². The van der Waals surface area contributed by atoms with E-state index in [1.165, 1.54) is 16.8 Å². The molecule has 0 spiro atoms. The fourth-order valence-electron chi connectivity index (χ4n) is 4.23. The molecule has 134 valence electrons. The van der Waals surface area contributed by atoms with Gasteiger partial charge in [-0.3, -0.25) is 4.79 Å². The van der Waals surface area contributed by atoms with Crippen LogP contribution in [0.25, 0.3) is 0 Å². The van der Waals surface area contributed by atoms with Crippen molar-refractivity contribution in [3.63, 3.8) is 0 Å². The zero-order valence-corrected chi connectivity index (χ0v) is 15.1. The second kappa shape index (κ2) is 6.54. The molecule has 0 saturated heterocycles. The number of aryl methyl sites for hydroxylation is 1. The molecule has 0 fully saturated rings. The van der Waals surface area contributed by atoms with Crippen molar-refractivity contribution in [2.75, 3.05) is 22.9 Å². The number of aromatic nitrogens is 1. The van der Waals surface area contributed by atoms with E-state index >= 15 is 0 Å². The van der Waals surface area contributed by atoms with Crippen LogP contribution in [0.3, 0.4) is 0 Å². The van der Waals surface area contributed by atoms with Crippen LogP contribution < -0.4 is 9.80 Å². The fourth-order valence-corrected chi connectivity index (χ4v) is 4.23. The van der Waals surface area contributed by atoms with Gasteiger partial charge in [-0.2, -0.15) is 0 Å². The first-order valence-electron chi connectivity index (χ1n) is 9.53. The van der Waals surface area contributed by atoms with Crippen molar-refractivity contribution in [2.45, 2.75) is 19.3 Å². The second-order valence-corrected chi connectivity index (χ2v) is 7.09. The molecular weight excluding hydrogens is 334 g/mol. The standard InChI is InChI=1S/C23H21N3O/c27-23(26-16-13-18-8-2-4-12-21(18)26)19-10-5-14-24-22(19)25-15-6-9-17-7-1-3-11-20(17)25/h1-5,7-8,10-12,14H,6,9,13,15-16H2. The molecule has 1 aromatic heterocycles. The van der Waals surface area contributed by atoms with Gasteiger partial charge in [0.05, 0.1) is 5.56 Å². The van der Waals surface area contributed by atoms with Crippen LogP contribution in [0.1, 0.15) is 27.9 Å². The van der Waals surface area contributed by atoms with Gasteiger partial charge in [0, 0.05) is 30.7 Å². The number of pyridine rings is 1. The van der Waals surface area contributed by atoms with Crippen LogP contribution in [0, 0.1) is 0 Å². The van der Waals surface area contributed by atoms with Crippen LogP contribution in [-0.4, -0.2) is 24.0 Å². The Morgan fingerprint density at radius 3 is 2.41 bits per heavy atom. The van der Waals surface area contributed by atoms with Crippen molar-refractivity contribution >= 4 is 23.1 Å². The molecule has 0 saturated carbocycles. The molecule has 2 aliphatic rings. The number of hydrogen-bond donors (Lipinski definition) is 0. The summed E-state index contributed by atoms with van der Waals surface area (Å²) in [5.41, 5.74) is 5.42. The summed E-state index contributed by atoms with van der Waals surface area (Å²) >= 11 is 0. The van der Waals surface area contributed by atoms with Gasteiger partial charge in [0.25, 0.3) is 5.91 Å². The number of para-hydroxylation sites is 2. The molecule has 0 radical (unpaired) electrons. The Kier molecular flexibility index (Phi) is 3.89. The van der Waals surface area contributed by atoms with E-state index in [1.54, 1.807) is 6.20 Å². The predicted octanol–water partition coefficient (Wildman–Crippen LogP) is 4.37. The highest BCUT2D eigenvalue weighted by atomic mass is 16.2. The van der Waals surface area contributed by atoms with Gasteiger partial charge in [-0.05, 0) is 54.7 Å². The van der Waals surface area contributed by atoms with Crippen molar-refractivity contribution in [3.05, 3.63) is 83.6 Å². The Labute approximate surface area is 159 Å². The molecule has 2 aliphatic heterocycles. The molecule has 27 heavy (non-hydrogen) atoms. The number of hydrogen-bond acceptors (Lipinski definition) is 3. The van der Waals surface area contributed by atoms with Gasteiger partial charge in [0.1, 0.15) is 5.82 Å². The Morgan fingerprint density at radius 1 is 0.815 bits per heavy atom. The monoisotopic (exact) mass is 355 g/mol. The van der Waals surface area contributed by atoms with Crippen LogP contribution in [0.4, 0.5) is 17.2 Å². The van der Waals surface area contributed by atoms with Crippen molar-refractivity contribution in [2.24, 2.45) is 0 Å². The lowest BCUT2D eigenvalue weighted by atomic mass is 10.0. The van der Waals surface area contributed by atoms with Crippen molar-refractivity contribution < 1.29 is 4.79 Å². The summed E-state index contributed by atoms with van der Waals surface area (Å²) in [6.45, 7) is 1.61. The Bertz CT molecular complexity index is 1010. The quantitative estimate of drug-likeness (QED) is 0.685. The molecule has 0 N–H and O–H groups in total. The summed E-state index contributed by atoms with van der Waals surface area (Å²) in [6, 6.07) is 20.4. The normalized spacial score (nSPS) is 15.4. The minimum absolute atomic E-state index is 0.0334. The molecule has 4 nitrogen and oxygen atoms in total. The SMILES string of the molecule is O=C(c1cccnc1N1CCCc2ccccc21)N1CCc2ccccc21. The fraction of sp³-hybridized carbons (Fsp3) is 0.217. The van der Waals surface area contributed by atoms with Gasteiger partial charge in [-0.25, -0.2) is 4.98 Å². The lowest BCUT2D eigenvalue weighted by Crippen LogP contribution is -2.32. The van der Waals surface area contributed by atoms with Crippen LogP contribution >= 0.6 is 0 Å². The third-order valence-corrected chi connectivity index (χ3v) is 5.52. The highest BCUT2D eigenvalue weighted by Crippen LogP contribution is 2.36. The summed E-state index contributed by atoms with van der Waals surface area (Å²) in [4.78, 5) is 22.2. The van der Waals surface area contributed by atoms with Gasteiger partial charge in [0.2, 0.25) is 0 Å². The zero-order valence-electron chi connectivity index (χ0n) is 15.1. The topological polar surface area (TPSA) is 36.4 Å². The molecule has 0 unspecified atom stereocenters. The van der Waals surface area contributed by atoms with E-state index in [4.69, 9.17) is 0 Å². The van der Waals surface area contributed by atoms with E-state index in [0.29, 0.717) is 5.56 Å². The maximum Gasteiger partial charge on any atom is 0.262 e. The Morgan fingerprint density at radius 2 is 1.56 bits per heavy atom. The van der Waals surface area contributed by atoms with Gasteiger partial charge >= 0.3 is 0 Å². The first kappa shape index (κ1) is 16.1. The molecule has 1 amide bonds. The predicted molar refractivity (Wildman–Crippen MR) is 108 cm³/mol. The molecule has 0 aliphatic carbocycles. The number of carbonyl (C=O) groups is 1. The lowest BCUT2D eigenvalue weighted by Gasteiger charge is -2.32. The van der Waals surface area contributed by atoms with Crippen molar-refractivity contribution in [1.82, 2.24) is 4.98 Å². The molecule has 0 atom stereocenters.